The summed E-state index contributed by atoms with van der Waals surface area (Å²) < 4.78 is 0. The molecule has 0 aromatic heterocycles. The lowest BCUT2D eigenvalue weighted by Gasteiger charge is -2.12. The summed E-state index contributed by atoms with van der Waals surface area (Å²) in [4.78, 5) is 22.1. The van der Waals surface area contributed by atoms with E-state index in [-0.39, 0.29) is 17.5 Å². The third kappa shape index (κ3) is 7.13. The molecule has 0 saturated heterocycles. The zero-order valence-electron chi connectivity index (χ0n) is 9.50. The number of carbonyl (C=O) groups excluding carboxylic acids is 2. The Morgan fingerprint density at radius 2 is 1.71 bits per heavy atom. The predicted molar refractivity (Wildman–Crippen MR) is 61.6 cm³/mol. The molecule has 0 saturated carbocycles. The largest absolute Gasteiger partial charge is 0.300 e. The number of Topliss-reactive ketones (excluding diaryl/α,β-unsaturated/α-hetero) is 2. The zero-order chi connectivity index (χ0) is 11.1. The molecule has 0 rings (SSSR count). The van der Waals surface area contributed by atoms with Crippen molar-refractivity contribution in [1.82, 2.24) is 0 Å². The Morgan fingerprint density at radius 3 is 2.07 bits per heavy atom. The molecule has 1 atom stereocenters. The van der Waals surface area contributed by atoms with Gasteiger partial charge in [0.1, 0.15) is 11.6 Å². The second kappa shape index (κ2) is 7.04. The lowest BCUT2D eigenvalue weighted by atomic mass is 10.0. The van der Waals surface area contributed by atoms with Crippen LogP contribution in [0.2, 0.25) is 0 Å². The van der Waals surface area contributed by atoms with Gasteiger partial charge in [-0.2, -0.15) is 11.8 Å². The Labute approximate surface area is 90.8 Å². The summed E-state index contributed by atoms with van der Waals surface area (Å²) in [6, 6.07) is 0. The van der Waals surface area contributed by atoms with Gasteiger partial charge in [0, 0.05) is 18.1 Å². The average Bonchev–Trinajstić information content (AvgIpc) is 2.00. The minimum absolute atomic E-state index is 0.0729. The highest BCUT2D eigenvalue weighted by Gasteiger charge is 2.16. The summed E-state index contributed by atoms with van der Waals surface area (Å²) in [6.45, 7) is 7.42. The van der Waals surface area contributed by atoms with E-state index < -0.39 is 0 Å². The molecule has 0 aliphatic rings. The van der Waals surface area contributed by atoms with E-state index in [1.165, 1.54) is 0 Å². The summed E-state index contributed by atoms with van der Waals surface area (Å²) in [7, 11) is 0. The lowest BCUT2D eigenvalue weighted by molar-refractivity contribution is -0.125. The van der Waals surface area contributed by atoms with Crippen molar-refractivity contribution in [3.05, 3.63) is 0 Å². The summed E-state index contributed by atoms with van der Waals surface area (Å²) in [5.74, 6) is 2.65. The molecule has 0 amide bonds. The maximum atomic E-state index is 11.2. The van der Waals surface area contributed by atoms with Crippen LogP contribution in [-0.4, -0.2) is 23.1 Å². The smallest absolute Gasteiger partial charge is 0.134 e. The predicted octanol–water partition coefficient (Wildman–Crippen LogP) is 2.56. The minimum Gasteiger partial charge on any atom is -0.300 e. The van der Waals surface area contributed by atoms with E-state index in [0.29, 0.717) is 12.3 Å². The molecule has 0 aliphatic carbocycles. The van der Waals surface area contributed by atoms with Crippen LogP contribution in [-0.2, 0) is 9.59 Å². The van der Waals surface area contributed by atoms with Crippen LogP contribution in [0.1, 0.15) is 34.1 Å². The Bertz CT molecular complexity index is 199. The third-order valence-corrected chi connectivity index (χ3v) is 3.42. The van der Waals surface area contributed by atoms with E-state index in [9.17, 15) is 9.59 Å². The number of carbonyl (C=O) groups is 2. The monoisotopic (exact) mass is 216 g/mol. The first-order chi connectivity index (χ1) is 6.43. The summed E-state index contributed by atoms with van der Waals surface area (Å²) in [5.41, 5.74) is 0. The molecule has 0 aromatic rings. The van der Waals surface area contributed by atoms with Crippen molar-refractivity contribution in [2.24, 2.45) is 11.8 Å². The van der Waals surface area contributed by atoms with Crippen molar-refractivity contribution in [3.63, 3.8) is 0 Å². The van der Waals surface area contributed by atoms with Gasteiger partial charge in [0.2, 0.25) is 0 Å². The average molecular weight is 216 g/mol. The summed E-state index contributed by atoms with van der Waals surface area (Å²) in [5, 5.41) is 0. The van der Waals surface area contributed by atoms with E-state index in [1.807, 2.05) is 0 Å². The quantitative estimate of drug-likeness (QED) is 0.656. The topological polar surface area (TPSA) is 34.1 Å². The van der Waals surface area contributed by atoms with Crippen LogP contribution in [0.4, 0.5) is 0 Å². The number of rotatable bonds is 7. The fourth-order valence-electron chi connectivity index (χ4n) is 1.11. The Morgan fingerprint density at radius 1 is 1.14 bits per heavy atom. The molecule has 0 N–H and O–H groups in total. The molecule has 0 heterocycles. The van der Waals surface area contributed by atoms with E-state index in [0.717, 1.165) is 11.5 Å². The molecular weight excluding hydrogens is 196 g/mol. The van der Waals surface area contributed by atoms with Crippen LogP contribution in [0.5, 0.6) is 0 Å². The van der Waals surface area contributed by atoms with Crippen molar-refractivity contribution in [2.45, 2.75) is 34.1 Å². The maximum absolute atomic E-state index is 11.2. The minimum atomic E-state index is -0.0729. The molecule has 14 heavy (non-hydrogen) atoms. The van der Waals surface area contributed by atoms with Crippen molar-refractivity contribution in [2.75, 3.05) is 11.5 Å². The van der Waals surface area contributed by atoms with Crippen LogP contribution in [0, 0.1) is 11.8 Å². The Balaban J connectivity index is 3.86. The molecule has 3 heteroatoms. The standard InChI is InChI=1S/C11H20O2S/c1-8(2)6-14-7-11(10(4)13)5-9(3)12/h8,11H,5-7H2,1-4H3. The maximum Gasteiger partial charge on any atom is 0.134 e. The molecule has 82 valence electrons. The molecule has 0 radical (unpaired) electrons. The van der Waals surface area contributed by atoms with Crippen LogP contribution in [0.15, 0.2) is 0 Å². The Kier molecular flexibility index (Phi) is 6.89. The first-order valence-corrected chi connectivity index (χ1v) is 6.16. The molecule has 0 fully saturated rings. The second-order valence-electron chi connectivity index (χ2n) is 4.15. The van der Waals surface area contributed by atoms with Gasteiger partial charge in [-0.3, -0.25) is 4.79 Å². The number of hydrogen-bond acceptors (Lipinski definition) is 3. The number of thioether (sulfide) groups is 1. The highest BCUT2D eigenvalue weighted by molar-refractivity contribution is 7.99. The van der Waals surface area contributed by atoms with Crippen molar-refractivity contribution < 1.29 is 9.59 Å². The van der Waals surface area contributed by atoms with E-state index in [2.05, 4.69) is 13.8 Å². The molecule has 0 bridgehead atoms. The van der Waals surface area contributed by atoms with E-state index in [4.69, 9.17) is 0 Å². The third-order valence-electron chi connectivity index (χ3n) is 1.88. The number of ketones is 2. The van der Waals surface area contributed by atoms with Crippen LogP contribution in [0.25, 0.3) is 0 Å². The van der Waals surface area contributed by atoms with Gasteiger partial charge in [-0.25, -0.2) is 0 Å². The molecular formula is C11H20O2S. The first-order valence-electron chi connectivity index (χ1n) is 5.01. The van der Waals surface area contributed by atoms with Gasteiger partial charge in [0.05, 0.1) is 0 Å². The van der Waals surface area contributed by atoms with Gasteiger partial charge in [0.25, 0.3) is 0 Å². The summed E-state index contributed by atoms with van der Waals surface area (Å²) >= 11 is 1.77. The first kappa shape index (κ1) is 13.7. The van der Waals surface area contributed by atoms with Gasteiger partial charge in [-0.05, 0) is 25.5 Å². The zero-order valence-corrected chi connectivity index (χ0v) is 10.3. The van der Waals surface area contributed by atoms with Crippen LogP contribution >= 0.6 is 11.8 Å². The molecule has 0 aliphatic heterocycles. The number of hydrogen-bond donors (Lipinski definition) is 0. The van der Waals surface area contributed by atoms with Gasteiger partial charge >= 0.3 is 0 Å². The van der Waals surface area contributed by atoms with E-state index in [1.54, 1.807) is 25.6 Å². The summed E-state index contributed by atoms with van der Waals surface area (Å²) in [6.07, 6.45) is 0.403. The van der Waals surface area contributed by atoms with Gasteiger partial charge in [0.15, 0.2) is 0 Å². The molecule has 0 spiro atoms. The SMILES string of the molecule is CC(=O)CC(CSCC(C)C)C(C)=O. The van der Waals surface area contributed by atoms with Crippen molar-refractivity contribution in [1.29, 1.82) is 0 Å². The fraction of sp³-hybridized carbons (Fsp3) is 0.818. The fourth-order valence-corrected chi connectivity index (χ4v) is 2.36. The van der Waals surface area contributed by atoms with Crippen LogP contribution in [0.3, 0.4) is 0 Å². The lowest BCUT2D eigenvalue weighted by Crippen LogP contribution is -2.17. The highest BCUT2D eigenvalue weighted by Crippen LogP contribution is 2.16. The van der Waals surface area contributed by atoms with Crippen molar-refractivity contribution in [3.8, 4) is 0 Å². The van der Waals surface area contributed by atoms with E-state index >= 15 is 0 Å². The van der Waals surface area contributed by atoms with Gasteiger partial charge in [-0.15, -0.1) is 0 Å². The Hall–Kier alpha value is -0.310. The molecule has 1 unspecified atom stereocenters. The van der Waals surface area contributed by atoms with Crippen molar-refractivity contribution >= 4 is 23.3 Å². The molecule has 2 nitrogen and oxygen atoms in total. The highest BCUT2D eigenvalue weighted by atomic mass is 32.2. The van der Waals surface area contributed by atoms with Gasteiger partial charge in [-0.1, -0.05) is 13.8 Å². The molecule has 0 aromatic carbocycles. The van der Waals surface area contributed by atoms with Gasteiger partial charge < -0.3 is 4.79 Å². The normalized spacial score (nSPS) is 12.9. The second-order valence-corrected chi connectivity index (χ2v) is 5.22. The van der Waals surface area contributed by atoms with Crippen LogP contribution < -0.4 is 0 Å².